The smallest absolute Gasteiger partial charge is 0.226 e. The van der Waals surface area contributed by atoms with Crippen molar-refractivity contribution in [2.45, 2.75) is 38.6 Å². The van der Waals surface area contributed by atoms with Crippen LogP contribution < -0.4 is 10.1 Å². The Morgan fingerprint density at radius 3 is 2.34 bits per heavy atom. The van der Waals surface area contributed by atoms with E-state index in [0.717, 1.165) is 18.4 Å². The number of amides is 1. The van der Waals surface area contributed by atoms with E-state index in [-0.39, 0.29) is 17.5 Å². The first-order valence-electron chi connectivity index (χ1n) is 9.57. The van der Waals surface area contributed by atoms with Crippen molar-refractivity contribution in [2.24, 2.45) is 0 Å². The van der Waals surface area contributed by atoms with Gasteiger partial charge in [0.15, 0.2) is 0 Å². The summed E-state index contributed by atoms with van der Waals surface area (Å²) in [6, 6.07) is 11.9. The summed E-state index contributed by atoms with van der Waals surface area (Å²) < 4.78 is 34.2. The molecule has 29 heavy (non-hydrogen) atoms. The molecule has 1 fully saturated rings. The molecule has 0 radical (unpaired) electrons. The van der Waals surface area contributed by atoms with Gasteiger partial charge in [-0.15, -0.1) is 0 Å². The molecule has 3 aromatic rings. The monoisotopic (exact) mass is 397 g/mol. The van der Waals surface area contributed by atoms with Gasteiger partial charge in [0.2, 0.25) is 11.8 Å². The third-order valence-electron chi connectivity index (χ3n) is 4.78. The Morgan fingerprint density at radius 1 is 1.10 bits per heavy atom. The molecule has 0 unspecified atom stereocenters. The quantitative estimate of drug-likeness (QED) is 0.640. The van der Waals surface area contributed by atoms with Crippen LogP contribution in [0.15, 0.2) is 48.5 Å². The van der Waals surface area contributed by atoms with Crippen LogP contribution in [0.2, 0.25) is 0 Å². The summed E-state index contributed by atoms with van der Waals surface area (Å²) in [5, 5.41) is 7.51. The Labute approximate surface area is 167 Å². The maximum absolute atomic E-state index is 13.4. The predicted molar refractivity (Wildman–Crippen MR) is 104 cm³/mol. The highest BCUT2D eigenvalue weighted by Crippen LogP contribution is 2.32. The maximum Gasteiger partial charge on any atom is 0.226 e. The first-order valence-corrected chi connectivity index (χ1v) is 9.57. The van der Waals surface area contributed by atoms with E-state index in [1.54, 1.807) is 16.8 Å². The van der Waals surface area contributed by atoms with Crippen molar-refractivity contribution >= 4 is 5.91 Å². The van der Waals surface area contributed by atoms with E-state index in [0.29, 0.717) is 41.9 Å². The van der Waals surface area contributed by atoms with Crippen LogP contribution in [0, 0.1) is 18.6 Å². The lowest BCUT2D eigenvalue weighted by Gasteiger charge is -2.12. The number of carbonyl (C=O) groups is 1. The number of halogens is 2. The summed E-state index contributed by atoms with van der Waals surface area (Å²) in [6.45, 7) is 1.84. The fourth-order valence-electron chi connectivity index (χ4n) is 3.07. The highest BCUT2D eigenvalue weighted by molar-refractivity contribution is 5.77. The maximum atomic E-state index is 13.4. The van der Waals surface area contributed by atoms with Crippen molar-refractivity contribution in [3.05, 3.63) is 71.4 Å². The first kappa shape index (κ1) is 19.1. The zero-order chi connectivity index (χ0) is 20.4. The van der Waals surface area contributed by atoms with Gasteiger partial charge in [-0.25, -0.2) is 13.5 Å². The van der Waals surface area contributed by atoms with Crippen LogP contribution in [0.5, 0.6) is 11.6 Å². The van der Waals surface area contributed by atoms with Crippen molar-refractivity contribution in [2.75, 3.05) is 0 Å². The number of aryl methyl sites for hydroxylation is 1. The van der Waals surface area contributed by atoms with Gasteiger partial charge in [0.25, 0.3) is 0 Å². The molecule has 1 heterocycles. The van der Waals surface area contributed by atoms with Gasteiger partial charge in [0.1, 0.15) is 17.4 Å². The zero-order valence-electron chi connectivity index (χ0n) is 16.0. The number of benzene rings is 2. The number of aromatic nitrogens is 2. The predicted octanol–water partition coefficient (Wildman–Crippen LogP) is 4.46. The Bertz CT molecular complexity index is 1010. The molecular weight excluding hydrogens is 376 g/mol. The third-order valence-corrected chi connectivity index (χ3v) is 4.78. The molecule has 1 N–H and O–H groups in total. The van der Waals surface area contributed by atoms with Gasteiger partial charge in [-0.3, -0.25) is 4.79 Å². The van der Waals surface area contributed by atoms with Crippen LogP contribution in [0.4, 0.5) is 8.78 Å². The van der Waals surface area contributed by atoms with Crippen molar-refractivity contribution < 1.29 is 18.3 Å². The van der Waals surface area contributed by atoms with Gasteiger partial charge in [-0.1, -0.05) is 0 Å². The number of hydrogen-bond acceptors (Lipinski definition) is 3. The van der Waals surface area contributed by atoms with E-state index < -0.39 is 0 Å². The molecule has 5 nitrogen and oxygen atoms in total. The van der Waals surface area contributed by atoms with Gasteiger partial charge in [-0.2, -0.15) is 5.10 Å². The van der Waals surface area contributed by atoms with E-state index in [1.807, 2.05) is 6.92 Å². The highest BCUT2D eigenvalue weighted by Gasteiger charge is 2.24. The van der Waals surface area contributed by atoms with Crippen molar-refractivity contribution in [3.63, 3.8) is 0 Å². The van der Waals surface area contributed by atoms with Gasteiger partial charge in [0, 0.05) is 18.0 Å². The number of carbonyl (C=O) groups excluding carboxylic acids is 1. The molecule has 0 atom stereocenters. The molecule has 0 bridgehead atoms. The zero-order valence-corrected chi connectivity index (χ0v) is 16.0. The number of rotatable bonds is 7. The summed E-state index contributed by atoms with van der Waals surface area (Å²) in [7, 11) is 0. The van der Waals surface area contributed by atoms with E-state index in [4.69, 9.17) is 4.74 Å². The van der Waals surface area contributed by atoms with Crippen LogP contribution in [0.25, 0.3) is 5.69 Å². The molecule has 0 aliphatic heterocycles. The topological polar surface area (TPSA) is 56.2 Å². The van der Waals surface area contributed by atoms with E-state index in [9.17, 15) is 13.6 Å². The molecule has 1 aromatic heterocycles. The minimum absolute atomic E-state index is 0.00540. The van der Waals surface area contributed by atoms with Crippen LogP contribution in [0.3, 0.4) is 0 Å². The summed E-state index contributed by atoms with van der Waals surface area (Å²) in [5.74, 6) is 0.153. The molecule has 1 saturated carbocycles. The lowest BCUT2D eigenvalue weighted by atomic mass is 10.1. The molecule has 2 aromatic carbocycles. The van der Waals surface area contributed by atoms with Crippen LogP contribution in [-0.2, 0) is 11.2 Å². The molecule has 1 aliphatic carbocycles. The second-order valence-corrected chi connectivity index (χ2v) is 7.16. The minimum Gasteiger partial charge on any atom is -0.439 e. The van der Waals surface area contributed by atoms with Gasteiger partial charge in [0.05, 0.1) is 11.4 Å². The summed E-state index contributed by atoms with van der Waals surface area (Å²) >= 11 is 0. The van der Waals surface area contributed by atoms with Crippen LogP contribution in [0.1, 0.15) is 30.5 Å². The molecular formula is C22H21F2N3O2. The Hall–Kier alpha value is -3.22. The highest BCUT2D eigenvalue weighted by atomic mass is 19.1. The second-order valence-electron chi connectivity index (χ2n) is 7.16. The Balaban J connectivity index is 1.65. The standard InChI is InChI=1S/C22H21F2N3O2/c1-14-20(12-13-21(28)25-17-6-7-17)22(29-19-10-4-16(24)5-11-19)27(26-14)18-8-2-15(23)3-9-18/h2-5,8-11,17H,6-7,12-13H2,1H3,(H,25,28). The van der Waals surface area contributed by atoms with Crippen molar-refractivity contribution in [3.8, 4) is 17.3 Å². The SMILES string of the molecule is Cc1nn(-c2ccc(F)cc2)c(Oc2ccc(F)cc2)c1CCC(=O)NC1CC1. The fraction of sp³-hybridized carbons (Fsp3) is 0.273. The molecule has 1 amide bonds. The normalized spacial score (nSPS) is 13.3. The van der Waals surface area contributed by atoms with E-state index in [2.05, 4.69) is 10.4 Å². The van der Waals surface area contributed by atoms with Gasteiger partial charge < -0.3 is 10.1 Å². The largest absolute Gasteiger partial charge is 0.439 e. The number of nitrogens with zero attached hydrogens (tertiary/aromatic N) is 2. The number of hydrogen-bond donors (Lipinski definition) is 1. The average Bonchev–Trinajstić information content (AvgIpc) is 3.46. The molecule has 0 saturated heterocycles. The van der Waals surface area contributed by atoms with Gasteiger partial charge >= 0.3 is 0 Å². The summed E-state index contributed by atoms with van der Waals surface area (Å²) in [6.07, 6.45) is 2.83. The molecule has 1 aliphatic rings. The van der Waals surface area contributed by atoms with Crippen molar-refractivity contribution in [1.82, 2.24) is 15.1 Å². The minimum atomic E-state index is -0.363. The fourth-order valence-corrected chi connectivity index (χ4v) is 3.07. The first-order chi connectivity index (χ1) is 14.0. The lowest BCUT2D eigenvalue weighted by molar-refractivity contribution is -0.121. The third kappa shape index (κ3) is 4.62. The summed E-state index contributed by atoms with van der Waals surface area (Å²) in [5.41, 5.74) is 2.12. The lowest BCUT2D eigenvalue weighted by Crippen LogP contribution is -2.25. The van der Waals surface area contributed by atoms with Gasteiger partial charge in [-0.05, 0) is 74.7 Å². The molecule has 4 rings (SSSR count). The van der Waals surface area contributed by atoms with Crippen LogP contribution in [-0.4, -0.2) is 21.7 Å². The Morgan fingerprint density at radius 2 is 1.72 bits per heavy atom. The molecule has 7 heteroatoms. The molecule has 0 spiro atoms. The Kier molecular flexibility index (Phi) is 5.29. The average molecular weight is 397 g/mol. The van der Waals surface area contributed by atoms with Crippen LogP contribution >= 0.6 is 0 Å². The molecule has 150 valence electrons. The second kappa shape index (κ2) is 8.03. The number of nitrogens with one attached hydrogen (secondary N) is 1. The van der Waals surface area contributed by atoms with E-state index >= 15 is 0 Å². The van der Waals surface area contributed by atoms with Crippen molar-refractivity contribution in [1.29, 1.82) is 0 Å². The summed E-state index contributed by atoms with van der Waals surface area (Å²) in [4.78, 5) is 12.1. The number of ether oxygens (including phenoxy) is 1. The van der Waals surface area contributed by atoms with E-state index in [1.165, 1.54) is 36.4 Å².